The van der Waals surface area contributed by atoms with Crippen LogP contribution < -0.4 is 4.74 Å². The van der Waals surface area contributed by atoms with Gasteiger partial charge in [0.25, 0.3) is 0 Å². The van der Waals surface area contributed by atoms with Gasteiger partial charge in [-0.25, -0.2) is 0 Å². The average molecular weight is 300 g/mol. The lowest BCUT2D eigenvalue weighted by atomic mass is 9.83. The van der Waals surface area contributed by atoms with Gasteiger partial charge in [-0.3, -0.25) is 4.79 Å². The van der Waals surface area contributed by atoms with Gasteiger partial charge in [0.2, 0.25) is 0 Å². The number of furan rings is 1. The van der Waals surface area contributed by atoms with Crippen molar-refractivity contribution in [1.82, 2.24) is 0 Å². The van der Waals surface area contributed by atoms with Crippen LogP contribution in [0.2, 0.25) is 0 Å². The Labute approximate surface area is 129 Å². The Bertz CT molecular complexity index is 654. The first kappa shape index (κ1) is 14.9. The number of aryl methyl sites for hydroxylation is 1. The van der Waals surface area contributed by atoms with Crippen molar-refractivity contribution in [3.63, 3.8) is 0 Å². The fourth-order valence-electron chi connectivity index (χ4n) is 2.99. The Kier molecular flexibility index (Phi) is 4.29. The molecule has 0 unspecified atom stereocenters. The number of aliphatic hydroxyl groups is 1. The van der Waals surface area contributed by atoms with E-state index in [-0.39, 0.29) is 18.3 Å². The van der Waals surface area contributed by atoms with Gasteiger partial charge in [0.15, 0.2) is 5.78 Å². The third-order valence-corrected chi connectivity index (χ3v) is 4.19. The van der Waals surface area contributed by atoms with Crippen LogP contribution >= 0.6 is 0 Å². The Balaban J connectivity index is 1.80. The number of fused-ring (bicyclic) bond motifs is 1. The van der Waals surface area contributed by atoms with Crippen LogP contribution in [0.4, 0.5) is 0 Å². The zero-order chi connectivity index (χ0) is 15.5. The number of aliphatic hydroxyl groups excluding tert-OH is 1. The van der Waals surface area contributed by atoms with E-state index in [1.54, 1.807) is 7.11 Å². The molecule has 0 saturated heterocycles. The van der Waals surface area contributed by atoms with E-state index in [4.69, 9.17) is 14.3 Å². The number of carbonyl (C=O) groups is 1. The van der Waals surface area contributed by atoms with Crippen molar-refractivity contribution >= 4 is 5.78 Å². The second-order valence-corrected chi connectivity index (χ2v) is 5.68. The van der Waals surface area contributed by atoms with Crippen molar-refractivity contribution < 1.29 is 19.1 Å². The Morgan fingerprint density at radius 3 is 2.73 bits per heavy atom. The van der Waals surface area contributed by atoms with E-state index in [1.165, 1.54) is 0 Å². The summed E-state index contributed by atoms with van der Waals surface area (Å²) in [7, 11) is 1.64. The summed E-state index contributed by atoms with van der Waals surface area (Å²) >= 11 is 0. The monoisotopic (exact) mass is 300 g/mol. The third kappa shape index (κ3) is 2.92. The SMILES string of the molecule is COc1ccc([C@H]2CC(=O)c3cc(CCCO)oc3C2)cc1. The van der Waals surface area contributed by atoms with Crippen molar-refractivity contribution in [3.8, 4) is 5.75 Å². The minimum Gasteiger partial charge on any atom is -0.497 e. The molecule has 4 nitrogen and oxygen atoms in total. The summed E-state index contributed by atoms with van der Waals surface area (Å²) in [6.07, 6.45) is 2.58. The number of methoxy groups -OCH3 is 1. The minimum absolute atomic E-state index is 0.133. The first-order valence-corrected chi connectivity index (χ1v) is 7.61. The molecule has 1 aliphatic carbocycles. The number of carbonyl (C=O) groups excluding carboxylic acids is 1. The van der Waals surface area contributed by atoms with Gasteiger partial charge in [-0.2, -0.15) is 0 Å². The zero-order valence-corrected chi connectivity index (χ0v) is 12.7. The summed E-state index contributed by atoms with van der Waals surface area (Å²) in [5, 5.41) is 8.90. The highest BCUT2D eigenvalue weighted by atomic mass is 16.5. The van der Waals surface area contributed by atoms with Gasteiger partial charge in [-0.05, 0) is 36.1 Å². The summed E-state index contributed by atoms with van der Waals surface area (Å²) in [4.78, 5) is 12.3. The van der Waals surface area contributed by atoms with Crippen LogP contribution in [0.3, 0.4) is 0 Å². The molecule has 1 atom stereocenters. The molecule has 116 valence electrons. The predicted octanol–water partition coefficient (Wildman–Crippen LogP) is 3.13. The van der Waals surface area contributed by atoms with E-state index >= 15 is 0 Å². The normalized spacial score (nSPS) is 17.4. The molecule has 4 heteroatoms. The van der Waals surface area contributed by atoms with Crippen LogP contribution in [0.15, 0.2) is 34.7 Å². The molecule has 0 saturated carbocycles. The molecule has 1 N–H and O–H groups in total. The van der Waals surface area contributed by atoms with Crippen LogP contribution in [-0.4, -0.2) is 24.6 Å². The summed E-state index contributed by atoms with van der Waals surface area (Å²) < 4.78 is 11.0. The molecule has 3 rings (SSSR count). The number of hydrogen-bond acceptors (Lipinski definition) is 4. The van der Waals surface area contributed by atoms with E-state index in [9.17, 15) is 4.79 Å². The molecular weight excluding hydrogens is 280 g/mol. The summed E-state index contributed by atoms with van der Waals surface area (Å²) in [5.74, 6) is 2.69. The van der Waals surface area contributed by atoms with Crippen molar-refractivity contribution in [1.29, 1.82) is 0 Å². The van der Waals surface area contributed by atoms with E-state index in [0.29, 0.717) is 19.3 Å². The maximum absolute atomic E-state index is 12.3. The molecule has 0 radical (unpaired) electrons. The van der Waals surface area contributed by atoms with Crippen LogP contribution in [0.5, 0.6) is 5.75 Å². The summed E-state index contributed by atoms with van der Waals surface area (Å²) in [6, 6.07) is 9.71. The van der Waals surface area contributed by atoms with Crippen LogP contribution in [0.25, 0.3) is 0 Å². The molecular formula is C18H20O4. The number of hydrogen-bond donors (Lipinski definition) is 1. The molecule has 1 heterocycles. The maximum atomic E-state index is 12.3. The summed E-state index contributed by atoms with van der Waals surface area (Å²) in [5.41, 5.74) is 1.85. The third-order valence-electron chi connectivity index (χ3n) is 4.19. The fourth-order valence-corrected chi connectivity index (χ4v) is 2.99. The molecule has 0 fully saturated rings. The van der Waals surface area contributed by atoms with Crippen molar-refractivity contribution in [2.75, 3.05) is 13.7 Å². The number of benzene rings is 1. The van der Waals surface area contributed by atoms with E-state index in [2.05, 4.69) is 0 Å². The average Bonchev–Trinajstić information content (AvgIpc) is 2.96. The smallest absolute Gasteiger partial charge is 0.167 e. The Morgan fingerprint density at radius 1 is 1.27 bits per heavy atom. The van der Waals surface area contributed by atoms with Gasteiger partial charge in [-0.15, -0.1) is 0 Å². The lowest BCUT2D eigenvalue weighted by Gasteiger charge is -2.20. The van der Waals surface area contributed by atoms with E-state index in [1.807, 2.05) is 30.3 Å². The summed E-state index contributed by atoms with van der Waals surface area (Å²) in [6.45, 7) is 0.133. The lowest BCUT2D eigenvalue weighted by Crippen LogP contribution is -2.17. The largest absolute Gasteiger partial charge is 0.497 e. The molecule has 1 aromatic heterocycles. The molecule has 0 spiro atoms. The maximum Gasteiger partial charge on any atom is 0.167 e. The van der Waals surface area contributed by atoms with Gasteiger partial charge in [-0.1, -0.05) is 12.1 Å². The number of ether oxygens (including phenoxy) is 1. The van der Waals surface area contributed by atoms with Crippen LogP contribution in [0.1, 0.15) is 46.2 Å². The van der Waals surface area contributed by atoms with Gasteiger partial charge >= 0.3 is 0 Å². The van der Waals surface area contributed by atoms with E-state index < -0.39 is 0 Å². The van der Waals surface area contributed by atoms with Crippen molar-refractivity contribution in [2.45, 2.75) is 31.6 Å². The van der Waals surface area contributed by atoms with Gasteiger partial charge in [0, 0.05) is 25.9 Å². The molecule has 0 aliphatic heterocycles. The van der Waals surface area contributed by atoms with Crippen molar-refractivity contribution in [2.24, 2.45) is 0 Å². The predicted molar refractivity (Wildman–Crippen MR) is 82.5 cm³/mol. The Morgan fingerprint density at radius 2 is 2.05 bits per heavy atom. The van der Waals surface area contributed by atoms with E-state index in [0.717, 1.165) is 34.8 Å². The minimum atomic E-state index is 0.133. The fraction of sp³-hybridized carbons (Fsp3) is 0.389. The van der Waals surface area contributed by atoms with Crippen molar-refractivity contribution in [3.05, 3.63) is 53.0 Å². The topological polar surface area (TPSA) is 59.7 Å². The van der Waals surface area contributed by atoms with Gasteiger partial charge < -0.3 is 14.3 Å². The second-order valence-electron chi connectivity index (χ2n) is 5.68. The highest BCUT2D eigenvalue weighted by Crippen LogP contribution is 2.35. The zero-order valence-electron chi connectivity index (χ0n) is 12.7. The first-order valence-electron chi connectivity index (χ1n) is 7.61. The van der Waals surface area contributed by atoms with Gasteiger partial charge in [0.05, 0.1) is 12.7 Å². The quantitative estimate of drug-likeness (QED) is 0.921. The molecule has 0 bridgehead atoms. The number of ketones is 1. The molecule has 0 amide bonds. The second kappa shape index (κ2) is 6.36. The molecule has 1 aliphatic rings. The molecule has 22 heavy (non-hydrogen) atoms. The van der Waals surface area contributed by atoms with Gasteiger partial charge in [0.1, 0.15) is 17.3 Å². The Hall–Kier alpha value is -2.07. The lowest BCUT2D eigenvalue weighted by molar-refractivity contribution is 0.0960. The number of rotatable bonds is 5. The van der Waals surface area contributed by atoms with Crippen LogP contribution in [0, 0.1) is 0 Å². The highest BCUT2D eigenvalue weighted by molar-refractivity contribution is 5.98. The number of Topliss-reactive ketones (excluding diaryl/α,β-unsaturated/α-hetero) is 1. The first-order chi connectivity index (χ1) is 10.7. The molecule has 1 aromatic carbocycles. The van der Waals surface area contributed by atoms with Crippen LogP contribution in [-0.2, 0) is 12.8 Å². The highest BCUT2D eigenvalue weighted by Gasteiger charge is 2.29. The molecule has 2 aromatic rings. The standard InChI is InChI=1S/C18H20O4/c1-21-14-6-4-12(5-7-14)13-9-17(20)16-11-15(3-2-8-19)22-18(16)10-13/h4-7,11,13,19H,2-3,8-10H2,1H3/t13-/m0/s1.